The second-order valence-electron chi connectivity index (χ2n) is 5.16. The Labute approximate surface area is 131 Å². The van der Waals surface area contributed by atoms with Crippen molar-refractivity contribution in [3.8, 4) is 0 Å². The molecule has 0 bridgehead atoms. The SMILES string of the molecule is CC[C@@H](O)c1ccccc1N1CCSCC1S(=O)(=O)CC. The van der Waals surface area contributed by atoms with Crippen LogP contribution in [0.25, 0.3) is 0 Å². The summed E-state index contributed by atoms with van der Waals surface area (Å²) in [6.07, 6.45) is 0.0610. The number of thioether (sulfide) groups is 1. The molecule has 1 aliphatic heterocycles. The van der Waals surface area contributed by atoms with Gasteiger partial charge in [-0.05, 0) is 12.5 Å². The van der Waals surface area contributed by atoms with E-state index in [2.05, 4.69) is 0 Å². The zero-order chi connectivity index (χ0) is 15.5. The summed E-state index contributed by atoms with van der Waals surface area (Å²) in [5.74, 6) is 1.65. The Balaban J connectivity index is 2.43. The van der Waals surface area contributed by atoms with Crippen LogP contribution in [0.2, 0.25) is 0 Å². The Bertz CT molecular complexity index is 574. The maximum Gasteiger partial charge on any atom is 0.171 e. The summed E-state index contributed by atoms with van der Waals surface area (Å²) >= 11 is 1.68. The maximum atomic E-state index is 12.4. The molecule has 1 fully saturated rings. The molecule has 1 aromatic carbocycles. The summed E-state index contributed by atoms with van der Waals surface area (Å²) in [6.45, 7) is 4.31. The van der Waals surface area contributed by atoms with Crippen LogP contribution in [0.5, 0.6) is 0 Å². The third-order valence-corrected chi connectivity index (χ3v) is 7.18. The lowest BCUT2D eigenvalue weighted by Crippen LogP contribution is -2.48. The molecule has 0 radical (unpaired) electrons. The molecule has 1 saturated heterocycles. The highest BCUT2D eigenvalue weighted by Gasteiger charge is 2.34. The van der Waals surface area contributed by atoms with Crippen LogP contribution in [-0.4, -0.2) is 42.7 Å². The molecule has 1 N–H and O–H groups in total. The number of hydrogen-bond acceptors (Lipinski definition) is 5. The molecule has 1 aromatic rings. The van der Waals surface area contributed by atoms with Crippen molar-refractivity contribution in [3.05, 3.63) is 29.8 Å². The third-order valence-electron chi connectivity index (χ3n) is 3.89. The molecule has 1 unspecified atom stereocenters. The Hall–Kier alpha value is -0.720. The summed E-state index contributed by atoms with van der Waals surface area (Å²) in [5, 5.41) is 9.71. The molecule has 0 saturated carbocycles. The van der Waals surface area contributed by atoms with Crippen molar-refractivity contribution in [2.24, 2.45) is 0 Å². The van der Waals surface area contributed by atoms with Gasteiger partial charge in [-0.25, -0.2) is 8.42 Å². The van der Waals surface area contributed by atoms with Crippen LogP contribution in [0.15, 0.2) is 24.3 Å². The summed E-state index contributed by atoms with van der Waals surface area (Å²) in [7, 11) is -3.14. The number of sulfone groups is 1. The van der Waals surface area contributed by atoms with E-state index in [9.17, 15) is 13.5 Å². The van der Waals surface area contributed by atoms with Gasteiger partial charge in [0, 0.05) is 35.1 Å². The maximum absolute atomic E-state index is 12.4. The lowest BCUT2D eigenvalue weighted by Gasteiger charge is -2.38. The van der Waals surface area contributed by atoms with Gasteiger partial charge in [0.05, 0.1) is 6.10 Å². The summed E-state index contributed by atoms with van der Waals surface area (Å²) in [6, 6.07) is 7.60. The first-order valence-electron chi connectivity index (χ1n) is 7.34. The molecular weight excluding hydrogens is 306 g/mol. The topological polar surface area (TPSA) is 57.6 Å². The van der Waals surface area contributed by atoms with Gasteiger partial charge in [-0.2, -0.15) is 11.8 Å². The first kappa shape index (κ1) is 16.6. The highest BCUT2D eigenvalue weighted by molar-refractivity contribution is 8.01. The molecule has 6 heteroatoms. The fourth-order valence-electron chi connectivity index (χ4n) is 2.60. The minimum absolute atomic E-state index is 0.146. The number of nitrogens with zero attached hydrogens (tertiary/aromatic N) is 1. The molecule has 0 amide bonds. The second-order valence-corrected chi connectivity index (χ2v) is 8.75. The zero-order valence-electron chi connectivity index (χ0n) is 12.5. The van der Waals surface area contributed by atoms with Crippen molar-refractivity contribution < 1.29 is 13.5 Å². The molecule has 0 spiro atoms. The Morgan fingerprint density at radius 2 is 2.10 bits per heavy atom. The molecule has 0 aliphatic carbocycles. The van der Waals surface area contributed by atoms with Crippen molar-refractivity contribution in [1.82, 2.24) is 0 Å². The molecule has 1 aliphatic rings. The van der Waals surface area contributed by atoms with Crippen LogP contribution in [0, 0.1) is 0 Å². The zero-order valence-corrected chi connectivity index (χ0v) is 14.2. The van der Waals surface area contributed by atoms with Gasteiger partial charge in [0.25, 0.3) is 0 Å². The van der Waals surface area contributed by atoms with E-state index in [1.807, 2.05) is 36.1 Å². The van der Waals surface area contributed by atoms with E-state index in [0.29, 0.717) is 18.7 Å². The highest BCUT2D eigenvalue weighted by Crippen LogP contribution is 2.33. The fourth-order valence-corrected chi connectivity index (χ4v) is 5.58. The van der Waals surface area contributed by atoms with E-state index in [0.717, 1.165) is 17.0 Å². The predicted molar refractivity (Wildman–Crippen MR) is 89.6 cm³/mol. The largest absolute Gasteiger partial charge is 0.388 e. The van der Waals surface area contributed by atoms with Crippen molar-refractivity contribution >= 4 is 27.3 Å². The molecule has 2 atom stereocenters. The van der Waals surface area contributed by atoms with Crippen molar-refractivity contribution in [2.45, 2.75) is 31.7 Å². The molecule has 21 heavy (non-hydrogen) atoms. The van der Waals surface area contributed by atoms with E-state index >= 15 is 0 Å². The van der Waals surface area contributed by atoms with E-state index in [-0.39, 0.29) is 5.75 Å². The van der Waals surface area contributed by atoms with Crippen LogP contribution in [-0.2, 0) is 9.84 Å². The Kier molecular flexibility index (Phi) is 5.57. The van der Waals surface area contributed by atoms with Crippen LogP contribution >= 0.6 is 11.8 Å². The summed E-state index contributed by atoms with van der Waals surface area (Å²) in [4.78, 5) is 1.96. The Morgan fingerprint density at radius 1 is 1.38 bits per heavy atom. The normalized spacial score (nSPS) is 21.3. The second kappa shape index (κ2) is 7.03. The summed E-state index contributed by atoms with van der Waals surface area (Å²) in [5.41, 5.74) is 1.68. The van der Waals surface area contributed by atoms with Crippen molar-refractivity contribution in [1.29, 1.82) is 0 Å². The molecule has 0 aromatic heterocycles. The number of anilines is 1. The van der Waals surface area contributed by atoms with Crippen LogP contribution in [0.4, 0.5) is 5.69 Å². The van der Waals surface area contributed by atoms with E-state index in [1.165, 1.54) is 0 Å². The van der Waals surface area contributed by atoms with Gasteiger partial charge in [-0.15, -0.1) is 0 Å². The minimum atomic E-state index is -3.14. The van der Waals surface area contributed by atoms with Gasteiger partial charge in [-0.3, -0.25) is 0 Å². The lowest BCUT2D eigenvalue weighted by atomic mass is 10.0. The first-order chi connectivity index (χ1) is 10.0. The smallest absolute Gasteiger partial charge is 0.171 e. The average molecular weight is 329 g/mol. The monoisotopic (exact) mass is 329 g/mol. The predicted octanol–water partition coefficient (Wildman–Crippen LogP) is 2.44. The number of hydrogen-bond donors (Lipinski definition) is 1. The van der Waals surface area contributed by atoms with Gasteiger partial charge in [0.2, 0.25) is 0 Å². The van der Waals surface area contributed by atoms with Crippen LogP contribution in [0.1, 0.15) is 31.9 Å². The first-order valence-corrected chi connectivity index (χ1v) is 10.2. The average Bonchev–Trinajstić information content (AvgIpc) is 2.54. The number of benzene rings is 1. The molecular formula is C15H23NO3S2. The van der Waals surface area contributed by atoms with E-state index in [4.69, 9.17) is 0 Å². The lowest BCUT2D eigenvalue weighted by molar-refractivity contribution is 0.174. The van der Waals surface area contributed by atoms with Crippen LogP contribution in [0.3, 0.4) is 0 Å². The minimum Gasteiger partial charge on any atom is -0.388 e. The number of rotatable bonds is 5. The molecule has 118 valence electrons. The standard InChI is InChI=1S/C15H23NO3S2/c1-3-14(17)12-7-5-6-8-13(12)16-9-10-20-11-15(16)21(18,19)4-2/h5-8,14-15,17H,3-4,9-11H2,1-2H3/t14-,15?/m1/s1. The fraction of sp³-hybridized carbons (Fsp3) is 0.600. The van der Waals surface area contributed by atoms with Gasteiger partial charge in [0.1, 0.15) is 5.37 Å². The molecule has 4 nitrogen and oxygen atoms in total. The van der Waals surface area contributed by atoms with Gasteiger partial charge in [0.15, 0.2) is 9.84 Å². The van der Waals surface area contributed by atoms with Crippen molar-refractivity contribution in [2.75, 3.05) is 28.7 Å². The van der Waals surface area contributed by atoms with E-state index < -0.39 is 21.3 Å². The highest BCUT2D eigenvalue weighted by atomic mass is 32.2. The Morgan fingerprint density at radius 3 is 2.76 bits per heavy atom. The van der Waals surface area contributed by atoms with Gasteiger partial charge < -0.3 is 10.0 Å². The molecule has 1 heterocycles. The molecule has 2 rings (SSSR count). The van der Waals surface area contributed by atoms with Gasteiger partial charge in [-0.1, -0.05) is 32.0 Å². The quantitative estimate of drug-likeness (QED) is 0.899. The summed E-state index contributed by atoms with van der Waals surface area (Å²) < 4.78 is 24.7. The van der Waals surface area contributed by atoms with Crippen molar-refractivity contribution in [3.63, 3.8) is 0 Å². The third kappa shape index (κ3) is 3.55. The number of para-hydroxylation sites is 1. The van der Waals surface area contributed by atoms with Crippen LogP contribution < -0.4 is 4.90 Å². The van der Waals surface area contributed by atoms with Gasteiger partial charge >= 0.3 is 0 Å². The number of aliphatic hydroxyl groups excluding tert-OH is 1. The number of aliphatic hydroxyl groups is 1. The van der Waals surface area contributed by atoms with E-state index in [1.54, 1.807) is 18.7 Å².